The second-order valence-electron chi connectivity index (χ2n) is 5.84. The zero-order valence-corrected chi connectivity index (χ0v) is 13.2. The van der Waals surface area contributed by atoms with E-state index in [9.17, 15) is 5.11 Å². The third kappa shape index (κ3) is 2.11. The molecule has 0 aliphatic carbocycles. The number of phenolic OH excluding ortho intramolecular Hbond substituents is 1. The lowest BCUT2D eigenvalue weighted by Gasteiger charge is -2.27. The molecule has 2 aliphatic rings. The van der Waals surface area contributed by atoms with Gasteiger partial charge < -0.3 is 24.6 Å². The predicted molar refractivity (Wildman–Crippen MR) is 85.9 cm³/mol. The van der Waals surface area contributed by atoms with Gasteiger partial charge in [0.25, 0.3) is 0 Å². The highest BCUT2D eigenvalue weighted by Gasteiger charge is 2.32. The van der Waals surface area contributed by atoms with E-state index < -0.39 is 0 Å². The summed E-state index contributed by atoms with van der Waals surface area (Å²) >= 11 is 0. The van der Waals surface area contributed by atoms with Crippen molar-refractivity contribution < 1.29 is 19.3 Å². The first-order chi connectivity index (χ1) is 11.2. The number of hydrogen-bond acceptors (Lipinski definition) is 5. The molecule has 5 heteroatoms. The van der Waals surface area contributed by atoms with Gasteiger partial charge in [0.2, 0.25) is 5.75 Å². The van der Waals surface area contributed by atoms with E-state index in [1.54, 1.807) is 13.2 Å². The summed E-state index contributed by atoms with van der Waals surface area (Å²) in [5.74, 6) is 2.24. The number of benzene rings is 2. The minimum Gasteiger partial charge on any atom is -0.502 e. The van der Waals surface area contributed by atoms with E-state index >= 15 is 0 Å². The van der Waals surface area contributed by atoms with Crippen LogP contribution in [0.1, 0.15) is 22.7 Å². The topological polar surface area (TPSA) is 60.0 Å². The summed E-state index contributed by atoms with van der Waals surface area (Å²) in [6.45, 7) is 0.931. The molecule has 0 saturated heterocycles. The molecule has 2 heterocycles. The molecule has 1 atom stereocenters. The third-order valence-corrected chi connectivity index (χ3v) is 4.63. The van der Waals surface area contributed by atoms with E-state index in [4.69, 9.17) is 14.2 Å². The second-order valence-corrected chi connectivity index (χ2v) is 5.84. The number of aromatic hydroxyl groups is 1. The number of hydrogen-bond donors (Lipinski definition) is 2. The Bertz CT molecular complexity index is 772. The Hall–Kier alpha value is -2.40. The smallest absolute Gasteiger partial charge is 0.201 e. The summed E-state index contributed by atoms with van der Waals surface area (Å²) in [6, 6.07) is 7.90. The van der Waals surface area contributed by atoms with Gasteiger partial charge in [-0.3, -0.25) is 0 Å². The molecule has 0 bridgehead atoms. The van der Waals surface area contributed by atoms with Crippen LogP contribution in [0, 0.1) is 0 Å². The zero-order chi connectivity index (χ0) is 16.0. The van der Waals surface area contributed by atoms with E-state index in [1.807, 2.05) is 12.1 Å². The van der Waals surface area contributed by atoms with Crippen LogP contribution >= 0.6 is 0 Å². The van der Waals surface area contributed by atoms with Crippen molar-refractivity contribution in [2.24, 2.45) is 0 Å². The predicted octanol–water partition coefficient (Wildman–Crippen LogP) is 2.94. The first-order valence-corrected chi connectivity index (χ1v) is 7.72. The van der Waals surface area contributed by atoms with Gasteiger partial charge >= 0.3 is 0 Å². The molecule has 0 spiro atoms. The Morgan fingerprint density at radius 1 is 1.04 bits per heavy atom. The molecular weight excluding hydrogens is 294 g/mol. The molecule has 120 valence electrons. The van der Waals surface area contributed by atoms with Gasteiger partial charge in [0.05, 0.1) is 14.2 Å². The van der Waals surface area contributed by atoms with Crippen molar-refractivity contribution in [2.45, 2.75) is 18.9 Å². The number of nitrogens with one attached hydrogen (secondary N) is 1. The Morgan fingerprint density at radius 2 is 1.78 bits per heavy atom. The Kier molecular flexibility index (Phi) is 3.31. The van der Waals surface area contributed by atoms with Crippen molar-refractivity contribution in [3.8, 4) is 28.7 Å². The number of methoxy groups -OCH3 is 2. The second kappa shape index (κ2) is 5.35. The summed E-state index contributed by atoms with van der Waals surface area (Å²) < 4.78 is 16.8. The normalized spacial score (nSPS) is 18.3. The van der Waals surface area contributed by atoms with E-state index in [1.165, 1.54) is 12.7 Å². The summed E-state index contributed by atoms with van der Waals surface area (Å²) in [4.78, 5) is 0. The van der Waals surface area contributed by atoms with Crippen LogP contribution in [0.15, 0.2) is 24.3 Å². The molecule has 5 nitrogen and oxygen atoms in total. The van der Waals surface area contributed by atoms with Crippen LogP contribution in [0.4, 0.5) is 0 Å². The summed E-state index contributed by atoms with van der Waals surface area (Å²) in [5.41, 5.74) is 3.35. The number of phenols is 1. The highest BCUT2D eigenvalue weighted by Crippen LogP contribution is 2.50. The van der Waals surface area contributed by atoms with E-state index in [2.05, 4.69) is 11.4 Å². The van der Waals surface area contributed by atoms with Crippen LogP contribution in [-0.4, -0.2) is 25.9 Å². The summed E-state index contributed by atoms with van der Waals surface area (Å²) in [5, 5.41) is 14.0. The van der Waals surface area contributed by atoms with Gasteiger partial charge in [-0.05, 0) is 37.1 Å². The maximum absolute atomic E-state index is 10.5. The lowest BCUT2D eigenvalue weighted by Crippen LogP contribution is -2.30. The quantitative estimate of drug-likeness (QED) is 0.892. The van der Waals surface area contributed by atoms with Crippen molar-refractivity contribution in [3.05, 3.63) is 41.0 Å². The van der Waals surface area contributed by atoms with Crippen molar-refractivity contribution in [1.29, 1.82) is 0 Å². The molecule has 23 heavy (non-hydrogen) atoms. The minimum atomic E-state index is 0.0308. The summed E-state index contributed by atoms with van der Waals surface area (Å²) in [7, 11) is 3.16. The number of rotatable bonds is 2. The van der Waals surface area contributed by atoms with Gasteiger partial charge in [0.15, 0.2) is 23.0 Å². The lowest BCUT2D eigenvalue weighted by atomic mass is 9.90. The fraction of sp³-hybridized carbons (Fsp3) is 0.333. The average molecular weight is 313 g/mol. The first-order valence-electron chi connectivity index (χ1n) is 7.72. The Balaban J connectivity index is 1.95. The molecule has 0 radical (unpaired) electrons. The molecule has 0 saturated carbocycles. The van der Waals surface area contributed by atoms with Crippen LogP contribution in [0.3, 0.4) is 0 Å². The molecular formula is C18H19NO4. The van der Waals surface area contributed by atoms with E-state index in [0.717, 1.165) is 30.5 Å². The standard InChI is InChI=1S/C18H19NO4/c1-21-13-5-4-11-9-12-15-10(7-8-19-12)3-6-14(22-2)18(15)23-17(11)16(13)20/h3-6,12,19-20H,7-9H2,1-2H3. The molecule has 0 amide bonds. The van der Waals surface area contributed by atoms with E-state index in [0.29, 0.717) is 23.0 Å². The highest BCUT2D eigenvalue weighted by atomic mass is 16.5. The number of fused-ring (bicyclic) bond motifs is 1. The van der Waals surface area contributed by atoms with Gasteiger partial charge in [-0.15, -0.1) is 0 Å². The molecule has 2 N–H and O–H groups in total. The maximum Gasteiger partial charge on any atom is 0.201 e. The van der Waals surface area contributed by atoms with Crippen LogP contribution in [0.5, 0.6) is 28.7 Å². The van der Waals surface area contributed by atoms with Gasteiger partial charge in [-0.25, -0.2) is 0 Å². The molecule has 4 rings (SSSR count). The van der Waals surface area contributed by atoms with Crippen LogP contribution in [-0.2, 0) is 12.8 Å². The summed E-state index contributed by atoms with van der Waals surface area (Å²) in [6.07, 6.45) is 1.71. The van der Waals surface area contributed by atoms with Crippen molar-refractivity contribution in [1.82, 2.24) is 5.32 Å². The average Bonchev–Trinajstić information content (AvgIpc) is 2.75. The van der Waals surface area contributed by atoms with Crippen LogP contribution < -0.4 is 19.5 Å². The Labute approximate surface area is 134 Å². The zero-order valence-electron chi connectivity index (χ0n) is 13.2. The monoisotopic (exact) mass is 313 g/mol. The van der Waals surface area contributed by atoms with Gasteiger partial charge in [-0.2, -0.15) is 0 Å². The molecule has 2 aromatic rings. The molecule has 0 aromatic heterocycles. The van der Waals surface area contributed by atoms with Crippen molar-refractivity contribution >= 4 is 0 Å². The Morgan fingerprint density at radius 3 is 2.57 bits per heavy atom. The van der Waals surface area contributed by atoms with Gasteiger partial charge in [0.1, 0.15) is 0 Å². The molecule has 1 unspecified atom stereocenters. The largest absolute Gasteiger partial charge is 0.502 e. The van der Waals surface area contributed by atoms with Gasteiger partial charge in [0, 0.05) is 17.2 Å². The van der Waals surface area contributed by atoms with Gasteiger partial charge in [-0.1, -0.05) is 12.1 Å². The van der Waals surface area contributed by atoms with E-state index in [-0.39, 0.29) is 11.8 Å². The van der Waals surface area contributed by atoms with Crippen LogP contribution in [0.2, 0.25) is 0 Å². The lowest BCUT2D eigenvalue weighted by molar-refractivity contribution is 0.342. The minimum absolute atomic E-state index is 0.0308. The fourth-order valence-electron chi connectivity index (χ4n) is 3.50. The fourth-order valence-corrected chi connectivity index (χ4v) is 3.50. The molecule has 2 aliphatic heterocycles. The molecule has 2 aromatic carbocycles. The highest BCUT2D eigenvalue weighted by molar-refractivity contribution is 5.62. The maximum atomic E-state index is 10.5. The third-order valence-electron chi connectivity index (χ3n) is 4.63. The SMILES string of the molecule is COc1ccc2c(c1O)Oc1c(OC)ccc3c1C(C2)NCC3. The van der Waals surface area contributed by atoms with Crippen molar-refractivity contribution in [2.75, 3.05) is 20.8 Å². The molecule has 0 fully saturated rings. The van der Waals surface area contributed by atoms with Crippen molar-refractivity contribution in [3.63, 3.8) is 0 Å². The van der Waals surface area contributed by atoms with Crippen LogP contribution in [0.25, 0.3) is 0 Å². The first kappa shape index (κ1) is 14.2. The number of ether oxygens (including phenoxy) is 3.